The topological polar surface area (TPSA) is 17.8 Å². The molecule has 0 spiro atoms. The van der Waals surface area contributed by atoms with Gasteiger partial charge in [0.15, 0.2) is 0 Å². The molecule has 9 aromatic rings. The van der Waals surface area contributed by atoms with E-state index in [1.54, 1.807) is 0 Å². The Kier molecular flexibility index (Phi) is 5.35. The van der Waals surface area contributed by atoms with Crippen molar-refractivity contribution in [2.75, 3.05) is 0 Å². The summed E-state index contributed by atoms with van der Waals surface area (Å²) in [7, 11) is 0. The number of aromatic nitrogens is 2. The standard InChI is InChI=1S/C45H30N2/c1-4-16-31(17-5-1)34-28-29-37-39(30-34)43(32-18-6-2-7-19-32)35-22-10-11-23-36(35)44(37)38-24-12-14-26-41(38)47-42-27-15-13-25-40(42)46-45(47)33-20-8-3-9-21-33/h1-30H/i1D,4D,5D,16D,17D. The molecule has 2 heteroatoms. The van der Waals surface area contributed by atoms with Crippen molar-refractivity contribution in [1.82, 2.24) is 9.55 Å². The van der Waals surface area contributed by atoms with Gasteiger partial charge in [0.1, 0.15) is 5.82 Å². The molecule has 0 atom stereocenters. The largest absolute Gasteiger partial charge is 0.292 e. The molecule has 2 nitrogen and oxygen atoms in total. The zero-order chi connectivity index (χ0) is 35.5. The normalized spacial score (nSPS) is 12.9. The Morgan fingerprint density at radius 1 is 0.447 bits per heavy atom. The zero-order valence-electron chi connectivity index (χ0n) is 30.3. The van der Waals surface area contributed by atoms with Gasteiger partial charge in [0.2, 0.25) is 0 Å². The predicted molar refractivity (Wildman–Crippen MR) is 198 cm³/mol. The van der Waals surface area contributed by atoms with Crippen molar-refractivity contribution < 1.29 is 6.85 Å². The van der Waals surface area contributed by atoms with E-state index < -0.39 is 6.04 Å². The summed E-state index contributed by atoms with van der Waals surface area (Å²) in [4.78, 5) is 5.14. The lowest BCUT2D eigenvalue weighted by Gasteiger charge is -2.21. The third-order valence-electron chi connectivity index (χ3n) is 8.88. The molecule has 220 valence electrons. The van der Waals surface area contributed by atoms with Gasteiger partial charge in [-0.1, -0.05) is 158 Å². The second-order valence-corrected chi connectivity index (χ2v) is 11.6. The molecule has 1 heterocycles. The van der Waals surface area contributed by atoms with Gasteiger partial charge in [0.25, 0.3) is 0 Å². The molecule has 0 aliphatic heterocycles. The number of hydrogen-bond donors (Lipinski definition) is 0. The fraction of sp³-hybridized carbons (Fsp3) is 0. The quantitative estimate of drug-likeness (QED) is 0.179. The molecular formula is C45H30N2. The van der Waals surface area contributed by atoms with E-state index >= 15 is 0 Å². The molecular weight excluding hydrogens is 569 g/mol. The Hall–Kier alpha value is -6.25. The minimum absolute atomic E-state index is 0.180. The van der Waals surface area contributed by atoms with Gasteiger partial charge in [-0.3, -0.25) is 4.57 Å². The molecule has 0 bridgehead atoms. The average molecular weight is 604 g/mol. The van der Waals surface area contributed by atoms with Crippen molar-refractivity contribution in [3.63, 3.8) is 0 Å². The van der Waals surface area contributed by atoms with Crippen LogP contribution in [-0.4, -0.2) is 9.55 Å². The molecule has 47 heavy (non-hydrogen) atoms. The Labute approximate surface area is 280 Å². The number of imidazole rings is 1. The summed E-state index contributed by atoms with van der Waals surface area (Å²) >= 11 is 0. The summed E-state index contributed by atoms with van der Waals surface area (Å²) in [6.45, 7) is 0. The van der Waals surface area contributed by atoms with Crippen LogP contribution in [0.15, 0.2) is 182 Å². The van der Waals surface area contributed by atoms with E-state index in [-0.39, 0.29) is 29.7 Å². The smallest absolute Gasteiger partial charge is 0.145 e. The van der Waals surface area contributed by atoms with E-state index in [2.05, 4.69) is 77.4 Å². The van der Waals surface area contributed by atoms with Gasteiger partial charge in [0, 0.05) is 11.1 Å². The second-order valence-electron chi connectivity index (χ2n) is 11.6. The van der Waals surface area contributed by atoms with E-state index in [0.717, 1.165) is 71.9 Å². The van der Waals surface area contributed by atoms with Crippen LogP contribution < -0.4 is 0 Å². The van der Waals surface area contributed by atoms with E-state index in [0.29, 0.717) is 5.56 Å². The highest BCUT2D eigenvalue weighted by atomic mass is 15.1. The van der Waals surface area contributed by atoms with Gasteiger partial charge in [-0.25, -0.2) is 4.98 Å². The van der Waals surface area contributed by atoms with Crippen molar-refractivity contribution in [2.24, 2.45) is 0 Å². The van der Waals surface area contributed by atoms with Crippen molar-refractivity contribution in [1.29, 1.82) is 0 Å². The molecule has 1 aromatic heterocycles. The number of nitrogens with zero attached hydrogens (tertiary/aromatic N) is 2. The Bertz CT molecular complexity index is 2820. The molecule has 8 aromatic carbocycles. The molecule has 0 N–H and O–H groups in total. The summed E-state index contributed by atoms with van der Waals surface area (Å²) in [5, 5.41) is 4.01. The molecule has 0 radical (unpaired) electrons. The van der Waals surface area contributed by atoms with E-state index in [4.69, 9.17) is 11.8 Å². The number of fused-ring (bicyclic) bond motifs is 3. The van der Waals surface area contributed by atoms with Crippen molar-refractivity contribution >= 4 is 32.6 Å². The lowest BCUT2D eigenvalue weighted by molar-refractivity contribution is 1.10. The minimum Gasteiger partial charge on any atom is -0.292 e. The zero-order valence-corrected chi connectivity index (χ0v) is 25.3. The van der Waals surface area contributed by atoms with E-state index in [1.807, 2.05) is 78.9 Å². The molecule has 0 aliphatic rings. The van der Waals surface area contributed by atoms with Crippen molar-refractivity contribution in [3.05, 3.63) is 182 Å². The molecule has 0 fully saturated rings. The third-order valence-corrected chi connectivity index (χ3v) is 8.88. The molecule has 9 rings (SSSR count). The van der Waals surface area contributed by atoms with Gasteiger partial charge >= 0.3 is 0 Å². The summed E-state index contributed by atoms with van der Waals surface area (Å²) in [5.41, 5.74) is 8.69. The molecule has 0 unspecified atom stereocenters. The molecule has 0 saturated heterocycles. The fourth-order valence-electron chi connectivity index (χ4n) is 6.86. The van der Waals surface area contributed by atoms with Crippen LogP contribution in [-0.2, 0) is 0 Å². The van der Waals surface area contributed by atoms with E-state index in [9.17, 15) is 0 Å². The number of rotatable bonds is 5. The number of benzene rings is 8. The predicted octanol–water partition coefficient (Wildman–Crippen LogP) is 12.0. The first-order valence-electron chi connectivity index (χ1n) is 18.2. The van der Waals surface area contributed by atoms with Crippen LogP contribution in [0, 0.1) is 0 Å². The van der Waals surface area contributed by atoms with Gasteiger partial charge in [-0.2, -0.15) is 0 Å². The number of hydrogen-bond acceptors (Lipinski definition) is 1. The SMILES string of the molecule is [2H]c1c([2H])c([2H])c(-c2ccc3c(-c4ccccc4-n4c(-c5ccccc5)nc5ccccc54)c4ccccc4c(-c4ccccc4)c3c2)c([2H])c1[2H]. The van der Waals surface area contributed by atoms with Crippen LogP contribution in [0.5, 0.6) is 0 Å². The van der Waals surface area contributed by atoms with Crippen LogP contribution in [0.4, 0.5) is 0 Å². The van der Waals surface area contributed by atoms with Crippen LogP contribution >= 0.6 is 0 Å². The summed E-state index contributed by atoms with van der Waals surface area (Å²) in [6, 6.07) is 49.9. The maximum Gasteiger partial charge on any atom is 0.145 e. The molecule has 0 saturated carbocycles. The second kappa shape index (κ2) is 11.3. The minimum atomic E-state index is -0.406. The van der Waals surface area contributed by atoms with Gasteiger partial charge in [-0.05, 0) is 73.6 Å². The monoisotopic (exact) mass is 603 g/mol. The Morgan fingerprint density at radius 2 is 1.06 bits per heavy atom. The fourth-order valence-corrected chi connectivity index (χ4v) is 6.86. The van der Waals surface area contributed by atoms with Crippen LogP contribution in [0.3, 0.4) is 0 Å². The highest BCUT2D eigenvalue weighted by Gasteiger charge is 2.22. The summed E-state index contributed by atoms with van der Waals surface area (Å²) in [6.07, 6.45) is 0. The van der Waals surface area contributed by atoms with E-state index in [1.165, 1.54) is 0 Å². The Morgan fingerprint density at radius 3 is 1.85 bits per heavy atom. The summed E-state index contributed by atoms with van der Waals surface area (Å²) in [5.74, 6) is 0.840. The van der Waals surface area contributed by atoms with Gasteiger partial charge in [0.05, 0.1) is 23.6 Å². The number of para-hydroxylation sites is 3. The van der Waals surface area contributed by atoms with Gasteiger partial charge in [-0.15, -0.1) is 0 Å². The lowest BCUT2D eigenvalue weighted by Crippen LogP contribution is -2.01. The highest BCUT2D eigenvalue weighted by molar-refractivity contribution is 6.22. The highest BCUT2D eigenvalue weighted by Crippen LogP contribution is 2.46. The van der Waals surface area contributed by atoms with Crippen molar-refractivity contribution in [3.8, 4) is 50.5 Å². The lowest BCUT2D eigenvalue weighted by atomic mass is 9.84. The van der Waals surface area contributed by atoms with Gasteiger partial charge < -0.3 is 0 Å². The first-order valence-corrected chi connectivity index (χ1v) is 15.7. The first-order chi connectivity index (χ1) is 25.4. The Balaban J connectivity index is 1.42. The summed E-state index contributed by atoms with van der Waals surface area (Å²) < 4.78 is 44.8. The third kappa shape index (κ3) is 4.54. The van der Waals surface area contributed by atoms with Crippen LogP contribution in [0.2, 0.25) is 0 Å². The maximum absolute atomic E-state index is 8.79. The van der Waals surface area contributed by atoms with Crippen LogP contribution in [0.25, 0.3) is 83.0 Å². The molecule has 0 amide bonds. The van der Waals surface area contributed by atoms with Crippen LogP contribution in [0.1, 0.15) is 6.85 Å². The molecule has 0 aliphatic carbocycles. The first kappa shape index (κ1) is 22.3. The average Bonchev–Trinajstić information content (AvgIpc) is 3.59. The van der Waals surface area contributed by atoms with Crippen molar-refractivity contribution in [2.45, 2.75) is 0 Å². The maximum atomic E-state index is 8.79.